The minimum Gasteiger partial charge on any atom is -0.326 e. The molecule has 0 spiro atoms. The molecule has 0 amide bonds. The van der Waals surface area contributed by atoms with Crippen molar-refractivity contribution in [2.24, 2.45) is 5.73 Å². The van der Waals surface area contributed by atoms with Gasteiger partial charge in [0.1, 0.15) is 5.69 Å². The Kier molecular flexibility index (Phi) is 2.65. The van der Waals surface area contributed by atoms with Gasteiger partial charge in [-0.25, -0.2) is 4.68 Å². The van der Waals surface area contributed by atoms with Gasteiger partial charge in [-0.1, -0.05) is 12.1 Å². The number of nitro benzene ring substituents is 1. The van der Waals surface area contributed by atoms with Gasteiger partial charge in [-0.3, -0.25) is 10.1 Å². The molecule has 6 nitrogen and oxygen atoms in total. The lowest BCUT2D eigenvalue weighted by Crippen LogP contribution is -2.00. The average molecular weight is 218 g/mol. The van der Waals surface area contributed by atoms with E-state index in [2.05, 4.69) is 5.10 Å². The van der Waals surface area contributed by atoms with Crippen LogP contribution in [-0.2, 0) is 6.54 Å². The van der Waals surface area contributed by atoms with Crippen molar-refractivity contribution in [3.8, 4) is 5.69 Å². The van der Waals surface area contributed by atoms with Gasteiger partial charge in [-0.2, -0.15) is 5.10 Å². The van der Waals surface area contributed by atoms with Gasteiger partial charge in [0.05, 0.1) is 11.1 Å². The van der Waals surface area contributed by atoms with Crippen molar-refractivity contribution < 1.29 is 4.92 Å². The smallest absolute Gasteiger partial charge is 0.294 e. The van der Waals surface area contributed by atoms with Crippen LogP contribution < -0.4 is 5.73 Å². The van der Waals surface area contributed by atoms with Gasteiger partial charge in [-0.15, -0.1) is 0 Å². The van der Waals surface area contributed by atoms with Crippen LogP contribution in [0.3, 0.4) is 0 Å². The third kappa shape index (κ3) is 1.78. The van der Waals surface area contributed by atoms with Crippen LogP contribution in [0.1, 0.15) is 5.56 Å². The van der Waals surface area contributed by atoms with E-state index in [1.807, 2.05) is 0 Å². The molecule has 0 bridgehead atoms. The molecule has 1 heterocycles. The highest BCUT2D eigenvalue weighted by Gasteiger charge is 2.14. The first-order valence-corrected chi connectivity index (χ1v) is 4.70. The van der Waals surface area contributed by atoms with Crippen molar-refractivity contribution in [3.05, 3.63) is 52.3 Å². The van der Waals surface area contributed by atoms with E-state index in [0.717, 1.165) is 5.56 Å². The van der Waals surface area contributed by atoms with Crippen molar-refractivity contribution in [1.29, 1.82) is 0 Å². The molecular weight excluding hydrogens is 208 g/mol. The number of hydrogen-bond acceptors (Lipinski definition) is 4. The van der Waals surface area contributed by atoms with E-state index in [1.165, 1.54) is 10.7 Å². The van der Waals surface area contributed by atoms with Crippen molar-refractivity contribution in [2.75, 3.05) is 0 Å². The molecular formula is C10H10N4O2. The Morgan fingerprint density at radius 1 is 1.44 bits per heavy atom. The lowest BCUT2D eigenvalue weighted by atomic mass is 10.2. The van der Waals surface area contributed by atoms with E-state index in [4.69, 9.17) is 5.73 Å². The Morgan fingerprint density at radius 3 is 2.81 bits per heavy atom. The highest BCUT2D eigenvalue weighted by atomic mass is 16.6. The van der Waals surface area contributed by atoms with Gasteiger partial charge in [0, 0.05) is 24.4 Å². The molecule has 1 aromatic carbocycles. The van der Waals surface area contributed by atoms with E-state index < -0.39 is 4.92 Å². The first-order valence-electron chi connectivity index (χ1n) is 4.70. The fraction of sp³-hybridized carbons (Fsp3) is 0.100. The molecule has 0 unspecified atom stereocenters. The Hall–Kier alpha value is -2.21. The summed E-state index contributed by atoms with van der Waals surface area (Å²) in [6, 6.07) is 6.44. The fourth-order valence-electron chi connectivity index (χ4n) is 1.41. The number of rotatable bonds is 3. The van der Waals surface area contributed by atoms with E-state index >= 15 is 0 Å². The summed E-state index contributed by atoms with van der Waals surface area (Å²) in [5, 5.41) is 14.8. The van der Waals surface area contributed by atoms with Crippen molar-refractivity contribution in [2.45, 2.75) is 6.54 Å². The predicted molar refractivity (Wildman–Crippen MR) is 58.1 cm³/mol. The molecule has 0 radical (unpaired) electrons. The van der Waals surface area contributed by atoms with Gasteiger partial charge in [0.25, 0.3) is 5.69 Å². The normalized spacial score (nSPS) is 10.3. The number of hydrogen-bond donors (Lipinski definition) is 1. The van der Waals surface area contributed by atoms with Gasteiger partial charge in [0.2, 0.25) is 0 Å². The minimum atomic E-state index is -0.431. The number of nitrogens with two attached hydrogens (primary N) is 1. The number of para-hydroxylation sites is 2. The standard InChI is InChI=1S/C10H10N4O2/c11-5-8-6-12-13(7-8)9-3-1-2-4-10(9)14(15)16/h1-4,6-7H,5,11H2. The number of aromatic nitrogens is 2. The molecule has 16 heavy (non-hydrogen) atoms. The molecule has 82 valence electrons. The maximum Gasteiger partial charge on any atom is 0.294 e. The molecule has 0 saturated carbocycles. The van der Waals surface area contributed by atoms with Gasteiger partial charge < -0.3 is 5.73 Å². The zero-order valence-corrected chi connectivity index (χ0v) is 8.41. The maximum atomic E-state index is 10.8. The Bertz CT molecular complexity index is 521. The number of benzene rings is 1. The lowest BCUT2D eigenvalue weighted by Gasteiger charge is -2.01. The minimum absolute atomic E-state index is 0.0224. The molecule has 0 saturated heterocycles. The van der Waals surface area contributed by atoms with Gasteiger partial charge >= 0.3 is 0 Å². The maximum absolute atomic E-state index is 10.8. The second kappa shape index (κ2) is 4.11. The quantitative estimate of drug-likeness (QED) is 0.620. The number of nitro groups is 1. The average Bonchev–Trinajstić information content (AvgIpc) is 2.77. The molecule has 2 aromatic rings. The molecule has 2 rings (SSSR count). The summed E-state index contributed by atoms with van der Waals surface area (Å²) >= 11 is 0. The summed E-state index contributed by atoms with van der Waals surface area (Å²) in [6.45, 7) is 0.362. The molecule has 0 aliphatic rings. The summed E-state index contributed by atoms with van der Waals surface area (Å²) in [6.07, 6.45) is 3.28. The molecule has 0 fully saturated rings. The third-order valence-electron chi connectivity index (χ3n) is 2.20. The predicted octanol–water partition coefficient (Wildman–Crippen LogP) is 1.24. The summed E-state index contributed by atoms with van der Waals surface area (Å²) in [4.78, 5) is 10.4. The van der Waals surface area contributed by atoms with Crippen LogP contribution in [0.5, 0.6) is 0 Å². The summed E-state index contributed by atoms with van der Waals surface area (Å²) in [7, 11) is 0. The Balaban J connectivity index is 2.50. The van der Waals surface area contributed by atoms with Crippen molar-refractivity contribution in [3.63, 3.8) is 0 Å². The molecule has 6 heteroatoms. The first kappa shape index (κ1) is 10.3. The highest BCUT2D eigenvalue weighted by molar-refractivity contribution is 5.51. The molecule has 0 aliphatic heterocycles. The second-order valence-corrected chi connectivity index (χ2v) is 3.24. The summed E-state index contributed by atoms with van der Waals surface area (Å²) < 4.78 is 1.46. The monoisotopic (exact) mass is 218 g/mol. The van der Waals surface area contributed by atoms with E-state index in [-0.39, 0.29) is 5.69 Å². The molecule has 0 atom stereocenters. The van der Waals surface area contributed by atoms with Crippen LogP contribution in [-0.4, -0.2) is 14.7 Å². The molecule has 2 N–H and O–H groups in total. The molecule has 1 aromatic heterocycles. The van der Waals surface area contributed by atoms with Gasteiger partial charge in [0.15, 0.2) is 0 Å². The summed E-state index contributed by atoms with van der Waals surface area (Å²) in [5.74, 6) is 0. The van der Waals surface area contributed by atoms with E-state index in [0.29, 0.717) is 12.2 Å². The Labute approximate surface area is 91.5 Å². The summed E-state index contributed by atoms with van der Waals surface area (Å²) in [5.41, 5.74) is 6.74. The first-order chi connectivity index (χ1) is 7.72. The van der Waals surface area contributed by atoms with Crippen LogP contribution in [0.4, 0.5) is 5.69 Å². The highest BCUT2D eigenvalue weighted by Crippen LogP contribution is 2.21. The van der Waals surface area contributed by atoms with Crippen LogP contribution >= 0.6 is 0 Å². The topological polar surface area (TPSA) is 87.0 Å². The van der Waals surface area contributed by atoms with E-state index in [9.17, 15) is 10.1 Å². The van der Waals surface area contributed by atoms with Crippen LogP contribution in [0.15, 0.2) is 36.7 Å². The third-order valence-corrected chi connectivity index (χ3v) is 2.20. The molecule has 0 aliphatic carbocycles. The fourth-order valence-corrected chi connectivity index (χ4v) is 1.41. The lowest BCUT2D eigenvalue weighted by molar-refractivity contribution is -0.384. The zero-order chi connectivity index (χ0) is 11.5. The van der Waals surface area contributed by atoms with Crippen LogP contribution in [0, 0.1) is 10.1 Å². The SMILES string of the molecule is NCc1cnn(-c2ccccc2[N+](=O)[O-])c1. The largest absolute Gasteiger partial charge is 0.326 e. The Morgan fingerprint density at radius 2 is 2.19 bits per heavy atom. The zero-order valence-electron chi connectivity index (χ0n) is 8.41. The van der Waals surface area contributed by atoms with Crippen LogP contribution in [0.2, 0.25) is 0 Å². The van der Waals surface area contributed by atoms with E-state index in [1.54, 1.807) is 30.6 Å². The van der Waals surface area contributed by atoms with Crippen molar-refractivity contribution in [1.82, 2.24) is 9.78 Å². The second-order valence-electron chi connectivity index (χ2n) is 3.24. The number of nitrogens with zero attached hydrogens (tertiary/aromatic N) is 3. The van der Waals surface area contributed by atoms with Gasteiger partial charge in [-0.05, 0) is 6.07 Å². The van der Waals surface area contributed by atoms with Crippen LogP contribution in [0.25, 0.3) is 5.69 Å². The van der Waals surface area contributed by atoms with Crippen molar-refractivity contribution >= 4 is 5.69 Å².